The fourth-order valence-corrected chi connectivity index (χ4v) is 5.34. The van der Waals surface area contributed by atoms with Gasteiger partial charge >= 0.3 is 0 Å². The van der Waals surface area contributed by atoms with E-state index in [0.29, 0.717) is 31.2 Å². The number of rotatable bonds is 7. The van der Waals surface area contributed by atoms with Crippen molar-refractivity contribution in [1.82, 2.24) is 9.29 Å². The van der Waals surface area contributed by atoms with Crippen molar-refractivity contribution < 1.29 is 13.2 Å². The third kappa shape index (κ3) is 4.84. The Morgan fingerprint density at radius 3 is 2.48 bits per heavy atom. The van der Waals surface area contributed by atoms with E-state index in [-0.39, 0.29) is 0 Å². The van der Waals surface area contributed by atoms with Gasteiger partial charge in [-0.05, 0) is 24.1 Å². The molecule has 152 valence electrons. The van der Waals surface area contributed by atoms with Gasteiger partial charge in [0, 0.05) is 30.6 Å². The van der Waals surface area contributed by atoms with Crippen molar-refractivity contribution in [3.63, 3.8) is 0 Å². The summed E-state index contributed by atoms with van der Waals surface area (Å²) in [5.41, 5.74) is 3.03. The number of nitrogens with one attached hydrogen (secondary N) is 1. The van der Waals surface area contributed by atoms with Gasteiger partial charge in [0.15, 0.2) is 5.13 Å². The lowest BCUT2D eigenvalue weighted by Crippen LogP contribution is -2.40. The second kappa shape index (κ2) is 9.04. The molecule has 0 atom stereocenters. The summed E-state index contributed by atoms with van der Waals surface area (Å²) in [4.78, 5) is 4.93. The van der Waals surface area contributed by atoms with Gasteiger partial charge in [-0.3, -0.25) is 0 Å². The predicted octanol–water partition coefficient (Wildman–Crippen LogP) is 3.49. The normalized spacial score (nSPS) is 15.3. The van der Waals surface area contributed by atoms with Gasteiger partial charge in [0.05, 0.1) is 23.8 Å². The minimum absolute atomic E-state index is 0.305. The van der Waals surface area contributed by atoms with Crippen molar-refractivity contribution in [2.45, 2.75) is 11.3 Å². The monoisotopic (exact) mass is 429 g/mol. The van der Waals surface area contributed by atoms with E-state index in [4.69, 9.17) is 4.74 Å². The van der Waals surface area contributed by atoms with Crippen LogP contribution in [0.4, 0.5) is 5.13 Å². The highest BCUT2D eigenvalue weighted by atomic mass is 32.2. The minimum atomic E-state index is -3.47. The third-order valence-corrected chi connectivity index (χ3v) is 7.51. The molecule has 0 amide bonds. The largest absolute Gasteiger partial charge is 0.379 e. The van der Waals surface area contributed by atoms with Gasteiger partial charge in [-0.15, -0.1) is 11.3 Å². The quantitative estimate of drug-likeness (QED) is 0.623. The second-order valence-electron chi connectivity index (χ2n) is 6.74. The van der Waals surface area contributed by atoms with Gasteiger partial charge in [-0.25, -0.2) is 13.4 Å². The Kier molecular flexibility index (Phi) is 6.25. The first-order valence-corrected chi connectivity index (χ1v) is 11.9. The Morgan fingerprint density at radius 1 is 1.03 bits per heavy atom. The van der Waals surface area contributed by atoms with E-state index < -0.39 is 10.0 Å². The molecule has 1 fully saturated rings. The second-order valence-corrected chi connectivity index (χ2v) is 9.54. The van der Waals surface area contributed by atoms with E-state index in [1.165, 1.54) is 9.87 Å². The van der Waals surface area contributed by atoms with E-state index in [2.05, 4.69) is 22.4 Å². The Morgan fingerprint density at radius 2 is 1.76 bits per heavy atom. The van der Waals surface area contributed by atoms with Crippen LogP contribution in [0.3, 0.4) is 0 Å². The number of hydrogen-bond donors (Lipinski definition) is 1. The lowest BCUT2D eigenvalue weighted by atomic mass is 10.1. The lowest BCUT2D eigenvalue weighted by molar-refractivity contribution is 0.0730. The molecule has 0 radical (unpaired) electrons. The molecular formula is C21H23N3O3S2. The molecule has 0 bridgehead atoms. The molecule has 1 aliphatic heterocycles. The van der Waals surface area contributed by atoms with Crippen LogP contribution >= 0.6 is 11.3 Å². The number of aromatic nitrogens is 1. The van der Waals surface area contributed by atoms with Gasteiger partial charge in [0.1, 0.15) is 0 Å². The number of morpholine rings is 1. The lowest BCUT2D eigenvalue weighted by Gasteiger charge is -2.26. The highest BCUT2D eigenvalue weighted by Crippen LogP contribution is 2.27. The van der Waals surface area contributed by atoms with Gasteiger partial charge in [0.2, 0.25) is 10.0 Å². The molecule has 29 heavy (non-hydrogen) atoms. The molecular weight excluding hydrogens is 406 g/mol. The van der Waals surface area contributed by atoms with Crippen LogP contribution < -0.4 is 5.32 Å². The van der Waals surface area contributed by atoms with Crippen molar-refractivity contribution in [2.24, 2.45) is 0 Å². The zero-order chi connectivity index (χ0) is 20.1. The Balaban J connectivity index is 1.39. The van der Waals surface area contributed by atoms with Gasteiger partial charge in [0.25, 0.3) is 0 Å². The van der Waals surface area contributed by atoms with Crippen molar-refractivity contribution in [2.75, 3.05) is 38.2 Å². The number of thiazole rings is 1. The highest BCUT2D eigenvalue weighted by molar-refractivity contribution is 7.89. The molecule has 1 N–H and O–H groups in total. The zero-order valence-electron chi connectivity index (χ0n) is 16.0. The fraction of sp³-hybridized carbons (Fsp3) is 0.286. The average Bonchev–Trinajstić information content (AvgIpc) is 3.24. The molecule has 3 aromatic rings. The number of nitrogens with zero attached hydrogens (tertiary/aromatic N) is 2. The summed E-state index contributed by atoms with van der Waals surface area (Å²) in [6, 6.07) is 17.3. The van der Waals surface area contributed by atoms with Crippen LogP contribution in [0, 0.1) is 0 Å². The van der Waals surface area contributed by atoms with Gasteiger partial charge in [-0.1, -0.05) is 42.5 Å². The van der Waals surface area contributed by atoms with Gasteiger partial charge < -0.3 is 10.1 Å². The van der Waals surface area contributed by atoms with E-state index in [1.54, 1.807) is 23.5 Å². The maximum Gasteiger partial charge on any atom is 0.243 e. The summed E-state index contributed by atoms with van der Waals surface area (Å²) in [5.74, 6) is 0. The van der Waals surface area contributed by atoms with Crippen LogP contribution in [0.25, 0.3) is 11.3 Å². The molecule has 0 aliphatic carbocycles. The van der Waals surface area contributed by atoms with Crippen LogP contribution in [0.1, 0.15) is 5.56 Å². The van der Waals surface area contributed by atoms with E-state index in [0.717, 1.165) is 29.4 Å². The molecule has 1 saturated heterocycles. The molecule has 4 rings (SSSR count). The summed E-state index contributed by atoms with van der Waals surface area (Å²) >= 11 is 1.55. The number of hydrogen-bond acceptors (Lipinski definition) is 6. The Bertz CT molecular complexity index is 1030. The first kappa shape index (κ1) is 20.0. The molecule has 0 spiro atoms. The maximum atomic E-state index is 12.7. The standard InChI is InChI=1S/C21H23N3O3S2/c25-29(26,24-12-14-27-15-13-24)19-8-6-18(7-9-19)20-16-28-21(23-20)22-11-10-17-4-2-1-3-5-17/h1-9,16H,10-15H2,(H,22,23). The number of anilines is 1. The van der Waals surface area contributed by atoms with Crippen molar-refractivity contribution in [3.05, 3.63) is 65.5 Å². The van der Waals surface area contributed by atoms with Crippen LogP contribution in [-0.2, 0) is 21.2 Å². The molecule has 1 aromatic heterocycles. The molecule has 6 nitrogen and oxygen atoms in total. The fourth-order valence-electron chi connectivity index (χ4n) is 3.18. The molecule has 8 heteroatoms. The minimum Gasteiger partial charge on any atom is -0.379 e. The summed E-state index contributed by atoms with van der Waals surface area (Å²) in [6.45, 7) is 2.49. The number of ether oxygens (including phenoxy) is 1. The van der Waals surface area contributed by atoms with E-state index in [1.807, 2.05) is 35.7 Å². The van der Waals surface area contributed by atoms with Crippen molar-refractivity contribution >= 4 is 26.5 Å². The van der Waals surface area contributed by atoms with Crippen molar-refractivity contribution in [1.29, 1.82) is 0 Å². The summed E-state index contributed by atoms with van der Waals surface area (Å²) in [6.07, 6.45) is 0.934. The Labute approximate surface area is 175 Å². The first-order valence-electron chi connectivity index (χ1n) is 9.54. The summed E-state index contributed by atoms with van der Waals surface area (Å²) in [5, 5.41) is 6.20. The van der Waals surface area contributed by atoms with E-state index in [9.17, 15) is 8.42 Å². The predicted molar refractivity (Wildman–Crippen MR) is 116 cm³/mol. The zero-order valence-corrected chi connectivity index (χ0v) is 17.6. The third-order valence-electron chi connectivity index (χ3n) is 4.79. The Hall–Kier alpha value is -2.26. The number of benzene rings is 2. The highest BCUT2D eigenvalue weighted by Gasteiger charge is 2.26. The molecule has 2 heterocycles. The van der Waals surface area contributed by atoms with E-state index >= 15 is 0 Å². The maximum absolute atomic E-state index is 12.7. The van der Waals surface area contributed by atoms with Crippen LogP contribution in [0.15, 0.2) is 64.9 Å². The smallest absolute Gasteiger partial charge is 0.243 e. The SMILES string of the molecule is O=S(=O)(c1ccc(-c2csc(NCCc3ccccc3)n2)cc1)N1CCOCC1. The molecule has 2 aromatic carbocycles. The van der Waals surface area contributed by atoms with Crippen LogP contribution in [-0.4, -0.2) is 50.6 Å². The summed E-state index contributed by atoms with van der Waals surface area (Å²) < 4.78 is 32.2. The molecule has 0 unspecified atom stereocenters. The molecule has 0 saturated carbocycles. The topological polar surface area (TPSA) is 71.5 Å². The van der Waals surface area contributed by atoms with Gasteiger partial charge in [-0.2, -0.15) is 4.31 Å². The molecule has 1 aliphatic rings. The van der Waals surface area contributed by atoms with Crippen LogP contribution in [0.5, 0.6) is 0 Å². The summed E-state index contributed by atoms with van der Waals surface area (Å²) in [7, 11) is -3.47. The first-order chi connectivity index (χ1) is 14.1. The average molecular weight is 430 g/mol. The van der Waals surface area contributed by atoms with Crippen molar-refractivity contribution in [3.8, 4) is 11.3 Å². The number of sulfonamides is 1. The van der Waals surface area contributed by atoms with Crippen LogP contribution in [0.2, 0.25) is 0 Å².